The molecule has 0 aliphatic carbocycles. The smallest absolute Gasteiger partial charge is 0.245 e. The zero-order valence-corrected chi connectivity index (χ0v) is 20.8. The summed E-state index contributed by atoms with van der Waals surface area (Å²) in [6, 6.07) is 8.24. The fourth-order valence-electron chi connectivity index (χ4n) is 4.00. The lowest BCUT2D eigenvalue weighted by Crippen LogP contribution is -2.52. The molecule has 2 aromatic rings. The van der Waals surface area contributed by atoms with E-state index in [1.165, 1.54) is 11.0 Å². The molecule has 1 heterocycles. The fraction of sp³-hybridized carbons (Fsp3) is 0.478. The van der Waals surface area contributed by atoms with E-state index in [0.717, 1.165) is 10.8 Å². The number of carbonyl (C=O) groups excluding carboxylic acids is 2. The number of fused-ring (bicyclic) bond motifs is 1. The Morgan fingerprint density at radius 3 is 2.55 bits per heavy atom. The van der Waals surface area contributed by atoms with Crippen molar-refractivity contribution in [3.05, 3.63) is 41.4 Å². The first kappa shape index (κ1) is 25.4. The number of methoxy groups -OCH3 is 1. The first-order valence-electron chi connectivity index (χ1n) is 10.9. The number of carbonyl (C=O) groups is 2. The molecule has 0 spiro atoms. The van der Waals surface area contributed by atoms with Crippen molar-refractivity contribution < 1.29 is 22.7 Å². The molecule has 10 heteroatoms. The average Bonchev–Trinajstić information content (AvgIpc) is 3.12. The molecule has 3 rings (SSSR count). The molecule has 2 aromatic carbocycles. The summed E-state index contributed by atoms with van der Waals surface area (Å²) >= 11 is 5.99. The monoisotopic (exact) mass is 495 g/mol. The summed E-state index contributed by atoms with van der Waals surface area (Å²) in [5.41, 5.74) is 0. The molecule has 0 unspecified atom stereocenters. The minimum Gasteiger partial charge on any atom is -0.383 e. The van der Waals surface area contributed by atoms with Crippen LogP contribution in [-0.2, 0) is 24.3 Å². The summed E-state index contributed by atoms with van der Waals surface area (Å²) in [6.07, 6.45) is 0.290. The Morgan fingerprint density at radius 1 is 1.21 bits per heavy atom. The standard InChI is InChI=1S/C23H30ClN3O5S/c1-15(2)26(11-12-32-4)22(28)16(3)27-10-9-21(23(27)29)25-33(30,31)20-8-6-17-13-19(24)7-5-18(17)14-20/h5-8,13-16,21,25H,9-12H2,1-4H3/t16-,21-/m0/s1. The number of sulfonamides is 1. The van der Waals surface area contributed by atoms with Gasteiger partial charge in [-0.3, -0.25) is 9.59 Å². The predicted octanol–water partition coefficient (Wildman–Crippen LogP) is 2.64. The van der Waals surface area contributed by atoms with Gasteiger partial charge in [-0.25, -0.2) is 8.42 Å². The van der Waals surface area contributed by atoms with Gasteiger partial charge in [-0.1, -0.05) is 23.7 Å². The highest BCUT2D eigenvalue weighted by Gasteiger charge is 2.40. The number of nitrogens with one attached hydrogen (secondary N) is 1. The highest BCUT2D eigenvalue weighted by molar-refractivity contribution is 7.89. The van der Waals surface area contributed by atoms with Gasteiger partial charge in [0.25, 0.3) is 0 Å². The maximum absolute atomic E-state index is 13.0. The molecule has 0 aromatic heterocycles. The molecular weight excluding hydrogens is 466 g/mol. The molecule has 8 nitrogen and oxygen atoms in total. The second-order valence-corrected chi connectivity index (χ2v) is 10.6. The molecule has 2 atom stereocenters. The van der Waals surface area contributed by atoms with Gasteiger partial charge >= 0.3 is 0 Å². The van der Waals surface area contributed by atoms with Gasteiger partial charge in [-0.2, -0.15) is 4.72 Å². The molecule has 0 bridgehead atoms. The summed E-state index contributed by atoms with van der Waals surface area (Å²) in [4.78, 5) is 29.2. The maximum atomic E-state index is 13.0. The Hall–Kier alpha value is -2.20. The number of nitrogens with zero attached hydrogens (tertiary/aromatic N) is 2. The summed E-state index contributed by atoms with van der Waals surface area (Å²) in [5.74, 6) is -0.588. The van der Waals surface area contributed by atoms with Gasteiger partial charge in [-0.05, 0) is 62.2 Å². The summed E-state index contributed by atoms with van der Waals surface area (Å²) in [5, 5.41) is 2.11. The number of likely N-dealkylation sites (tertiary alicyclic amines) is 1. The first-order chi connectivity index (χ1) is 15.5. The maximum Gasteiger partial charge on any atom is 0.245 e. The van der Waals surface area contributed by atoms with Gasteiger partial charge in [0.2, 0.25) is 21.8 Å². The number of hydrogen-bond donors (Lipinski definition) is 1. The Kier molecular flexibility index (Phi) is 8.00. The van der Waals surface area contributed by atoms with Gasteiger partial charge < -0.3 is 14.5 Å². The molecule has 180 valence electrons. The minimum absolute atomic E-state index is 0.0510. The van der Waals surface area contributed by atoms with Crippen LogP contribution in [0.5, 0.6) is 0 Å². The van der Waals surface area contributed by atoms with Crippen LogP contribution in [-0.4, -0.2) is 75.0 Å². The lowest BCUT2D eigenvalue weighted by atomic mass is 10.1. The summed E-state index contributed by atoms with van der Waals surface area (Å²) in [7, 11) is -2.36. The van der Waals surface area contributed by atoms with Crippen LogP contribution < -0.4 is 4.72 Å². The number of amides is 2. The van der Waals surface area contributed by atoms with E-state index < -0.39 is 28.0 Å². The molecule has 1 saturated heterocycles. The summed E-state index contributed by atoms with van der Waals surface area (Å²) < 4.78 is 33.6. The van der Waals surface area contributed by atoms with Crippen LogP contribution in [0.1, 0.15) is 27.2 Å². The van der Waals surface area contributed by atoms with Crippen molar-refractivity contribution in [3.63, 3.8) is 0 Å². The Morgan fingerprint density at radius 2 is 1.88 bits per heavy atom. The fourth-order valence-corrected chi connectivity index (χ4v) is 5.44. The molecule has 33 heavy (non-hydrogen) atoms. The molecule has 0 saturated carbocycles. The molecular formula is C23H30ClN3O5S. The largest absolute Gasteiger partial charge is 0.383 e. The lowest BCUT2D eigenvalue weighted by molar-refractivity contribution is -0.144. The van der Waals surface area contributed by atoms with Crippen LogP contribution in [0.2, 0.25) is 5.02 Å². The van der Waals surface area contributed by atoms with E-state index in [4.69, 9.17) is 16.3 Å². The van der Waals surface area contributed by atoms with E-state index in [9.17, 15) is 18.0 Å². The van der Waals surface area contributed by atoms with Crippen molar-refractivity contribution in [1.82, 2.24) is 14.5 Å². The van der Waals surface area contributed by atoms with E-state index in [1.54, 1.807) is 49.3 Å². The van der Waals surface area contributed by atoms with Gasteiger partial charge in [0, 0.05) is 31.3 Å². The first-order valence-corrected chi connectivity index (χ1v) is 12.7. The molecule has 1 fully saturated rings. The Balaban J connectivity index is 1.72. The highest BCUT2D eigenvalue weighted by Crippen LogP contribution is 2.24. The normalized spacial score (nSPS) is 17.7. The van der Waals surface area contributed by atoms with Gasteiger partial charge in [-0.15, -0.1) is 0 Å². The molecule has 1 aliphatic heterocycles. The number of benzene rings is 2. The number of hydrogen-bond acceptors (Lipinski definition) is 5. The zero-order valence-electron chi connectivity index (χ0n) is 19.2. The van der Waals surface area contributed by atoms with Crippen molar-refractivity contribution in [2.24, 2.45) is 0 Å². The quantitative estimate of drug-likeness (QED) is 0.577. The second kappa shape index (κ2) is 10.4. The third-order valence-corrected chi connectivity index (χ3v) is 7.59. The third-order valence-electron chi connectivity index (χ3n) is 5.89. The molecule has 0 radical (unpaired) electrons. The zero-order chi connectivity index (χ0) is 24.3. The van der Waals surface area contributed by atoms with E-state index in [2.05, 4.69) is 4.72 Å². The van der Waals surface area contributed by atoms with Gasteiger partial charge in [0.15, 0.2) is 0 Å². The van der Waals surface area contributed by atoms with Crippen molar-refractivity contribution in [3.8, 4) is 0 Å². The number of rotatable bonds is 9. The van der Waals surface area contributed by atoms with Crippen LogP contribution in [0.4, 0.5) is 0 Å². The van der Waals surface area contributed by atoms with Crippen LogP contribution in [0, 0.1) is 0 Å². The summed E-state index contributed by atoms with van der Waals surface area (Å²) in [6.45, 7) is 6.59. The van der Waals surface area contributed by atoms with Gasteiger partial charge in [0.05, 0.1) is 11.5 Å². The van der Waals surface area contributed by atoms with Crippen LogP contribution in [0.25, 0.3) is 10.8 Å². The Labute approximate surface area is 199 Å². The number of halogens is 1. The minimum atomic E-state index is -3.93. The molecule has 2 amide bonds. The SMILES string of the molecule is COCCN(C(=O)[C@H](C)N1CC[C@H](NS(=O)(=O)c2ccc3cc(Cl)ccc3c2)C1=O)C(C)C. The van der Waals surface area contributed by atoms with Crippen LogP contribution >= 0.6 is 11.6 Å². The van der Waals surface area contributed by atoms with Crippen molar-refractivity contribution >= 4 is 44.2 Å². The number of ether oxygens (including phenoxy) is 1. The van der Waals surface area contributed by atoms with E-state index in [0.29, 0.717) is 31.1 Å². The average molecular weight is 496 g/mol. The van der Waals surface area contributed by atoms with E-state index in [-0.39, 0.29) is 16.8 Å². The van der Waals surface area contributed by atoms with Crippen molar-refractivity contribution in [2.75, 3.05) is 26.8 Å². The Bertz CT molecular complexity index is 1140. The highest BCUT2D eigenvalue weighted by atomic mass is 35.5. The van der Waals surface area contributed by atoms with Crippen LogP contribution in [0.3, 0.4) is 0 Å². The van der Waals surface area contributed by atoms with Gasteiger partial charge in [0.1, 0.15) is 12.1 Å². The van der Waals surface area contributed by atoms with E-state index in [1.807, 2.05) is 13.8 Å². The van der Waals surface area contributed by atoms with Crippen molar-refractivity contribution in [2.45, 2.75) is 50.2 Å². The second-order valence-electron chi connectivity index (χ2n) is 8.44. The third kappa shape index (κ3) is 5.66. The lowest BCUT2D eigenvalue weighted by Gasteiger charge is -2.33. The molecule has 1 aliphatic rings. The van der Waals surface area contributed by atoms with Crippen LogP contribution in [0.15, 0.2) is 41.3 Å². The predicted molar refractivity (Wildman–Crippen MR) is 128 cm³/mol. The van der Waals surface area contributed by atoms with E-state index >= 15 is 0 Å². The topological polar surface area (TPSA) is 96.0 Å². The van der Waals surface area contributed by atoms with Crippen molar-refractivity contribution in [1.29, 1.82) is 0 Å². The molecule has 1 N–H and O–H groups in total.